The first-order valence-electron chi connectivity index (χ1n) is 7.30. The van der Waals surface area contributed by atoms with Gasteiger partial charge in [0.1, 0.15) is 0 Å². The van der Waals surface area contributed by atoms with Crippen LogP contribution in [0.4, 0.5) is 0 Å². The van der Waals surface area contributed by atoms with Crippen LogP contribution in [0.2, 0.25) is 0 Å². The Balaban J connectivity index is 2.28. The molecule has 0 heterocycles. The minimum atomic E-state index is 0.513. The number of hydrogen-bond acceptors (Lipinski definition) is 0. The van der Waals surface area contributed by atoms with Crippen LogP contribution in [0.3, 0.4) is 0 Å². The summed E-state index contributed by atoms with van der Waals surface area (Å²) in [7, 11) is 4.13. The summed E-state index contributed by atoms with van der Waals surface area (Å²) < 4.78 is 0. The van der Waals surface area contributed by atoms with Gasteiger partial charge in [-0.25, -0.2) is 0 Å². The average Bonchev–Trinajstić information content (AvgIpc) is 2.26. The maximum atomic E-state index is 4.39. The van der Waals surface area contributed by atoms with E-state index in [0.717, 1.165) is 11.8 Å². The maximum absolute atomic E-state index is 4.39. The van der Waals surface area contributed by atoms with E-state index < -0.39 is 0 Å². The molecule has 0 aromatic carbocycles. The Morgan fingerprint density at radius 1 is 1.41 bits per heavy atom. The maximum Gasteiger partial charge on any atom is 0.0722 e. The molecule has 2 aliphatic rings. The van der Waals surface area contributed by atoms with Crippen molar-refractivity contribution >= 4 is 0 Å². The first-order valence-corrected chi connectivity index (χ1v) is 7.30. The largest absolute Gasteiger partial charge is 0.476 e. The summed E-state index contributed by atoms with van der Waals surface area (Å²) in [5.41, 5.74) is 2.02. The number of hydrogen-bond donors (Lipinski definition) is 1. The minimum absolute atomic E-state index is 0.513. The lowest BCUT2D eigenvalue weighted by Crippen LogP contribution is -2.89. The van der Waals surface area contributed by atoms with Crippen molar-refractivity contribution in [1.29, 1.82) is 0 Å². The Hall–Kier alpha value is -0.300. The van der Waals surface area contributed by atoms with Gasteiger partial charge in [0.15, 0.2) is 0 Å². The van der Waals surface area contributed by atoms with E-state index in [0.29, 0.717) is 17.4 Å². The molecule has 0 aromatic rings. The molecule has 0 aliphatic heterocycles. The summed E-state index contributed by atoms with van der Waals surface area (Å²) in [5, 5.41) is 2.24. The van der Waals surface area contributed by atoms with Crippen molar-refractivity contribution in [3.05, 3.63) is 19.2 Å². The lowest BCUT2D eigenvalue weighted by Gasteiger charge is -2.53. The molecule has 0 aromatic heterocycles. The van der Waals surface area contributed by atoms with Crippen LogP contribution in [-0.4, -0.2) is 6.04 Å². The molecule has 2 fully saturated rings. The molecule has 0 radical (unpaired) electrons. The first-order chi connectivity index (χ1) is 7.99. The fourth-order valence-corrected chi connectivity index (χ4v) is 4.57. The quantitative estimate of drug-likeness (QED) is 0.559. The third-order valence-electron chi connectivity index (χ3n) is 5.49. The van der Waals surface area contributed by atoms with Gasteiger partial charge in [-0.2, -0.15) is 7.05 Å². The smallest absolute Gasteiger partial charge is 0.0722 e. The van der Waals surface area contributed by atoms with Gasteiger partial charge in [0.2, 0.25) is 0 Å². The highest BCUT2D eigenvalue weighted by Gasteiger charge is 2.50. The molecule has 2 rings (SSSR count). The topological polar surface area (TPSA) is 16.6 Å². The molecule has 4 atom stereocenters. The first kappa shape index (κ1) is 13.1. The molecule has 2 N–H and O–H groups in total. The van der Waals surface area contributed by atoms with Crippen molar-refractivity contribution in [3.63, 3.8) is 0 Å². The molecule has 0 unspecified atom stereocenters. The Kier molecular flexibility index (Phi) is 3.68. The summed E-state index contributed by atoms with van der Waals surface area (Å²) in [6.07, 6.45) is 6.77. The van der Waals surface area contributed by atoms with Gasteiger partial charge in [-0.15, -0.1) is 0 Å². The zero-order chi connectivity index (χ0) is 12.6. The fourth-order valence-electron chi connectivity index (χ4n) is 4.57. The van der Waals surface area contributed by atoms with E-state index in [1.807, 2.05) is 0 Å². The van der Waals surface area contributed by atoms with Gasteiger partial charge in [-0.05, 0) is 43.4 Å². The van der Waals surface area contributed by atoms with Crippen LogP contribution < -0.4 is 5.32 Å². The third kappa shape index (κ3) is 2.19. The molecule has 2 saturated carbocycles. The number of nitrogens with two attached hydrogens (primary N) is 1. The molecule has 98 valence electrons. The molecule has 2 aliphatic carbocycles. The van der Waals surface area contributed by atoms with Crippen molar-refractivity contribution in [2.45, 2.75) is 58.9 Å². The number of fused-ring (bicyclic) bond motifs is 1. The van der Waals surface area contributed by atoms with Crippen molar-refractivity contribution < 1.29 is 5.32 Å². The zero-order valence-corrected chi connectivity index (χ0v) is 11.8. The molecular weight excluding hydrogens is 206 g/mol. The van der Waals surface area contributed by atoms with Crippen LogP contribution in [-0.2, 0) is 0 Å². The summed E-state index contributed by atoms with van der Waals surface area (Å²) in [6, 6.07) is 0.668. The second-order valence-corrected chi connectivity index (χ2v) is 6.90. The van der Waals surface area contributed by atoms with Gasteiger partial charge >= 0.3 is 0 Å². The van der Waals surface area contributed by atoms with Gasteiger partial charge in [-0.1, -0.05) is 32.9 Å². The summed E-state index contributed by atoms with van der Waals surface area (Å²) in [6.45, 7) is 11.6. The monoisotopic (exact) mass is 235 g/mol. The molecule has 0 bridgehead atoms. The lowest BCUT2D eigenvalue weighted by molar-refractivity contribution is -0.655. The minimum Gasteiger partial charge on any atom is -0.476 e. The molecule has 1 nitrogen and oxygen atoms in total. The Bertz CT molecular complexity index is 294. The number of rotatable bonds is 2. The predicted molar refractivity (Wildman–Crippen MR) is 73.2 cm³/mol. The normalized spacial score (nSPS) is 42.6. The van der Waals surface area contributed by atoms with Crippen molar-refractivity contribution in [3.8, 4) is 0 Å². The van der Waals surface area contributed by atoms with Gasteiger partial charge < -0.3 is 5.32 Å². The van der Waals surface area contributed by atoms with Crippen LogP contribution >= 0.6 is 0 Å². The highest BCUT2D eigenvalue weighted by molar-refractivity contribution is 5.15. The Labute approximate surface area is 107 Å². The van der Waals surface area contributed by atoms with Gasteiger partial charge in [0.05, 0.1) is 6.04 Å². The highest BCUT2D eigenvalue weighted by atomic mass is 14.9. The predicted octanol–water partition coefficient (Wildman–Crippen LogP) is 3.14. The Morgan fingerprint density at radius 3 is 2.71 bits per heavy atom. The van der Waals surface area contributed by atoms with Crippen LogP contribution in [0.5, 0.6) is 0 Å². The zero-order valence-electron chi connectivity index (χ0n) is 11.8. The lowest BCUT2D eigenvalue weighted by atomic mass is 9.53. The molecule has 17 heavy (non-hydrogen) atoms. The molecular formula is C16H29N. The van der Waals surface area contributed by atoms with Crippen molar-refractivity contribution in [1.82, 2.24) is 0 Å². The van der Waals surface area contributed by atoms with E-state index in [4.69, 9.17) is 0 Å². The molecule has 0 spiro atoms. The van der Waals surface area contributed by atoms with Gasteiger partial charge in [0.25, 0.3) is 0 Å². The van der Waals surface area contributed by atoms with E-state index in [1.165, 1.54) is 37.7 Å². The average molecular weight is 235 g/mol. The molecule has 0 amide bonds. The standard InChI is InChI=1S/C16H29N/c1-11(2)13-8-10-16(4)9-6-7-12(3)14(16)15(13)17-5/h11,13-15H,3,5-10,17H2,1-2,4H3/t13-,14-,15+,16-/m1/s1. The van der Waals surface area contributed by atoms with E-state index in [2.05, 4.69) is 39.7 Å². The Morgan fingerprint density at radius 2 is 2.12 bits per heavy atom. The van der Waals surface area contributed by atoms with Gasteiger partial charge in [-0.3, -0.25) is 0 Å². The van der Waals surface area contributed by atoms with Crippen LogP contribution in [0.1, 0.15) is 52.9 Å². The third-order valence-corrected chi connectivity index (χ3v) is 5.49. The van der Waals surface area contributed by atoms with Crippen molar-refractivity contribution in [2.24, 2.45) is 23.2 Å². The molecule has 1 heteroatoms. The highest BCUT2D eigenvalue weighted by Crippen LogP contribution is 2.53. The van der Waals surface area contributed by atoms with Crippen LogP contribution in [0.15, 0.2) is 12.2 Å². The van der Waals surface area contributed by atoms with Crippen molar-refractivity contribution in [2.75, 3.05) is 0 Å². The van der Waals surface area contributed by atoms with E-state index in [9.17, 15) is 0 Å². The second kappa shape index (κ2) is 4.76. The summed E-state index contributed by atoms with van der Waals surface area (Å²) in [4.78, 5) is 0. The SMILES string of the molecule is C=C1CCC[C@]2(C)CC[C@H](C(C)C)[C@H]([NH2+][CH2-])[C@@H]12. The second-order valence-electron chi connectivity index (χ2n) is 6.90. The summed E-state index contributed by atoms with van der Waals surface area (Å²) >= 11 is 0. The number of quaternary nitrogens is 1. The van der Waals surface area contributed by atoms with Crippen LogP contribution in [0.25, 0.3) is 0 Å². The van der Waals surface area contributed by atoms with E-state index >= 15 is 0 Å². The fraction of sp³-hybridized carbons (Fsp3) is 0.812. The summed E-state index contributed by atoms with van der Waals surface area (Å²) in [5.74, 6) is 2.30. The van der Waals surface area contributed by atoms with E-state index in [-0.39, 0.29) is 0 Å². The van der Waals surface area contributed by atoms with E-state index in [1.54, 1.807) is 0 Å². The van der Waals surface area contributed by atoms with Crippen LogP contribution in [0, 0.1) is 30.2 Å². The van der Waals surface area contributed by atoms with Gasteiger partial charge in [0, 0.05) is 11.8 Å². The molecule has 0 saturated heterocycles.